The molecular weight excluding hydrogens is 317 g/mol. The Balaban J connectivity index is 1.73. The smallest absolute Gasteiger partial charge is 0.221 e. The minimum Gasteiger partial charge on any atom is -0.342 e. The van der Waals surface area contributed by atoms with Crippen molar-refractivity contribution in [1.29, 1.82) is 0 Å². The predicted molar refractivity (Wildman–Crippen MR) is 94.4 cm³/mol. The Morgan fingerprint density at radius 2 is 1.88 bits per heavy atom. The van der Waals surface area contributed by atoms with Gasteiger partial charge in [0, 0.05) is 25.9 Å². The van der Waals surface area contributed by atoms with Crippen LogP contribution in [0.5, 0.6) is 0 Å². The third kappa shape index (κ3) is 4.12. The van der Waals surface area contributed by atoms with Crippen molar-refractivity contribution in [3.8, 4) is 0 Å². The highest BCUT2D eigenvalue weighted by atomic mass is 19.1. The van der Waals surface area contributed by atoms with Gasteiger partial charge in [0.2, 0.25) is 5.91 Å². The molecule has 1 aromatic heterocycles. The van der Waals surface area contributed by atoms with E-state index in [0.717, 1.165) is 11.4 Å². The first-order chi connectivity index (χ1) is 12.1. The highest BCUT2D eigenvalue weighted by Gasteiger charge is 2.20. The van der Waals surface area contributed by atoms with Gasteiger partial charge in [0.15, 0.2) is 0 Å². The summed E-state index contributed by atoms with van der Waals surface area (Å²) in [5, 5.41) is 3.02. The molecule has 0 radical (unpaired) electrons. The molecule has 0 aliphatic heterocycles. The molecule has 0 saturated carbocycles. The summed E-state index contributed by atoms with van der Waals surface area (Å²) in [7, 11) is 1.89. The number of benzene rings is 2. The fourth-order valence-electron chi connectivity index (χ4n) is 2.78. The molecular formula is C20H20FN3O. The molecule has 0 bridgehead atoms. The number of amides is 1. The average molecular weight is 337 g/mol. The lowest BCUT2D eigenvalue weighted by Crippen LogP contribution is -2.31. The lowest BCUT2D eigenvalue weighted by atomic mass is 10.0. The van der Waals surface area contributed by atoms with Crippen LogP contribution in [0.2, 0.25) is 0 Å². The first-order valence-electron chi connectivity index (χ1n) is 8.20. The Labute approximate surface area is 146 Å². The minimum atomic E-state index is -0.339. The van der Waals surface area contributed by atoms with Crippen LogP contribution >= 0.6 is 0 Å². The fourth-order valence-corrected chi connectivity index (χ4v) is 2.78. The molecule has 128 valence electrons. The van der Waals surface area contributed by atoms with Crippen LogP contribution in [0.15, 0.2) is 67.0 Å². The predicted octanol–water partition coefficient (Wildman–Crippen LogP) is 3.40. The Morgan fingerprint density at radius 1 is 1.16 bits per heavy atom. The molecule has 0 aliphatic carbocycles. The normalized spacial score (nSPS) is 11.9. The summed E-state index contributed by atoms with van der Waals surface area (Å²) in [4.78, 5) is 16.8. The van der Waals surface area contributed by atoms with E-state index in [0.29, 0.717) is 12.0 Å². The van der Waals surface area contributed by atoms with Crippen LogP contribution in [0.4, 0.5) is 4.39 Å². The number of carbonyl (C=O) groups excluding carboxylic acids is 1. The van der Waals surface area contributed by atoms with Gasteiger partial charge in [-0.25, -0.2) is 9.37 Å². The van der Waals surface area contributed by atoms with Crippen LogP contribution in [0.25, 0.3) is 0 Å². The lowest BCUT2D eigenvalue weighted by molar-refractivity contribution is -0.121. The number of rotatable bonds is 6. The van der Waals surface area contributed by atoms with E-state index in [2.05, 4.69) is 10.3 Å². The van der Waals surface area contributed by atoms with Crippen molar-refractivity contribution >= 4 is 5.91 Å². The van der Waals surface area contributed by atoms with Crippen LogP contribution in [-0.4, -0.2) is 15.5 Å². The summed E-state index contributed by atoms with van der Waals surface area (Å²) in [6.45, 7) is 0. The van der Waals surface area contributed by atoms with E-state index in [-0.39, 0.29) is 24.2 Å². The number of hydrogen-bond donors (Lipinski definition) is 1. The summed E-state index contributed by atoms with van der Waals surface area (Å²) in [5.41, 5.74) is 1.50. The Morgan fingerprint density at radius 3 is 2.56 bits per heavy atom. The maximum Gasteiger partial charge on any atom is 0.221 e. The maximum absolute atomic E-state index is 13.7. The molecule has 0 spiro atoms. The zero-order valence-corrected chi connectivity index (χ0v) is 14.0. The molecule has 25 heavy (non-hydrogen) atoms. The van der Waals surface area contributed by atoms with E-state index in [1.807, 2.05) is 48.1 Å². The zero-order valence-electron chi connectivity index (χ0n) is 14.0. The summed E-state index contributed by atoms with van der Waals surface area (Å²) in [6, 6.07) is 15.9. The third-order valence-electron chi connectivity index (χ3n) is 4.13. The van der Waals surface area contributed by atoms with E-state index < -0.39 is 0 Å². The second kappa shape index (κ2) is 7.75. The van der Waals surface area contributed by atoms with E-state index in [1.54, 1.807) is 24.4 Å². The molecule has 0 aliphatic rings. The molecule has 0 saturated heterocycles. The van der Waals surface area contributed by atoms with Gasteiger partial charge in [-0.2, -0.15) is 0 Å². The van der Waals surface area contributed by atoms with Gasteiger partial charge in [0.1, 0.15) is 17.7 Å². The van der Waals surface area contributed by atoms with Gasteiger partial charge in [0.25, 0.3) is 0 Å². The number of aryl methyl sites for hydroxylation is 2. The van der Waals surface area contributed by atoms with Crippen molar-refractivity contribution in [1.82, 2.24) is 14.9 Å². The topological polar surface area (TPSA) is 46.9 Å². The maximum atomic E-state index is 13.7. The van der Waals surface area contributed by atoms with Crippen molar-refractivity contribution in [2.45, 2.75) is 18.9 Å². The number of aromatic nitrogens is 2. The molecule has 1 heterocycles. The van der Waals surface area contributed by atoms with Gasteiger partial charge >= 0.3 is 0 Å². The van der Waals surface area contributed by atoms with Gasteiger partial charge in [-0.15, -0.1) is 0 Å². The van der Waals surface area contributed by atoms with Crippen LogP contribution in [0.1, 0.15) is 29.4 Å². The molecule has 1 amide bonds. The first-order valence-corrected chi connectivity index (χ1v) is 8.20. The molecule has 4 nitrogen and oxygen atoms in total. The van der Waals surface area contributed by atoms with Gasteiger partial charge in [-0.1, -0.05) is 48.5 Å². The van der Waals surface area contributed by atoms with Gasteiger partial charge in [-0.05, 0) is 23.6 Å². The number of hydrogen-bond acceptors (Lipinski definition) is 2. The zero-order chi connectivity index (χ0) is 17.6. The number of halogens is 1. The van der Waals surface area contributed by atoms with Crippen LogP contribution < -0.4 is 5.32 Å². The number of imidazole rings is 1. The van der Waals surface area contributed by atoms with Crippen molar-refractivity contribution in [2.75, 3.05) is 0 Å². The quantitative estimate of drug-likeness (QED) is 0.749. The molecule has 5 heteroatoms. The van der Waals surface area contributed by atoms with Gasteiger partial charge in [-0.3, -0.25) is 4.79 Å². The number of nitrogens with one attached hydrogen (secondary N) is 1. The molecule has 2 aromatic carbocycles. The first kappa shape index (κ1) is 16.9. The summed E-state index contributed by atoms with van der Waals surface area (Å²) in [5.74, 6) is 0.338. The molecule has 1 atom stereocenters. The summed E-state index contributed by atoms with van der Waals surface area (Å²) < 4.78 is 15.6. The van der Waals surface area contributed by atoms with Crippen molar-refractivity contribution < 1.29 is 9.18 Å². The Bertz CT molecular complexity index is 845. The van der Waals surface area contributed by atoms with E-state index in [4.69, 9.17) is 0 Å². The van der Waals surface area contributed by atoms with Crippen molar-refractivity contribution in [2.24, 2.45) is 7.05 Å². The standard InChI is InChI=1S/C20H20FN3O/c1-24-14-13-22-20(24)19(16-8-3-2-4-9-16)23-18(25)12-11-15-7-5-6-10-17(15)21/h2-10,13-14,19H,11-12H2,1H3,(H,23,25)/t19-/m1/s1. The van der Waals surface area contributed by atoms with Crippen LogP contribution in [-0.2, 0) is 18.3 Å². The lowest BCUT2D eigenvalue weighted by Gasteiger charge is -2.19. The van der Waals surface area contributed by atoms with Crippen molar-refractivity contribution in [3.63, 3.8) is 0 Å². The minimum absolute atomic E-state index is 0.139. The van der Waals surface area contributed by atoms with Gasteiger partial charge < -0.3 is 9.88 Å². The molecule has 0 unspecified atom stereocenters. The summed E-state index contributed by atoms with van der Waals surface area (Å²) in [6.07, 6.45) is 4.13. The van der Waals surface area contributed by atoms with E-state index >= 15 is 0 Å². The molecule has 1 N–H and O–H groups in total. The molecule has 3 aromatic rings. The second-order valence-electron chi connectivity index (χ2n) is 5.90. The highest BCUT2D eigenvalue weighted by molar-refractivity contribution is 5.77. The largest absolute Gasteiger partial charge is 0.342 e. The highest BCUT2D eigenvalue weighted by Crippen LogP contribution is 2.20. The Kier molecular flexibility index (Phi) is 5.23. The van der Waals surface area contributed by atoms with Crippen LogP contribution in [0.3, 0.4) is 0 Å². The SMILES string of the molecule is Cn1ccnc1[C@H](NC(=O)CCc1ccccc1F)c1ccccc1. The van der Waals surface area contributed by atoms with Crippen LogP contribution in [0, 0.1) is 5.82 Å². The van der Waals surface area contributed by atoms with E-state index in [1.165, 1.54) is 6.07 Å². The average Bonchev–Trinajstić information content (AvgIpc) is 3.05. The monoisotopic (exact) mass is 337 g/mol. The molecule has 3 rings (SSSR count). The van der Waals surface area contributed by atoms with Crippen molar-refractivity contribution in [3.05, 3.63) is 89.8 Å². The fraction of sp³-hybridized carbons (Fsp3) is 0.200. The summed E-state index contributed by atoms with van der Waals surface area (Å²) >= 11 is 0. The Hall–Kier alpha value is -2.95. The molecule has 0 fully saturated rings. The van der Waals surface area contributed by atoms with Gasteiger partial charge in [0.05, 0.1) is 0 Å². The number of nitrogens with zero attached hydrogens (tertiary/aromatic N) is 2. The second-order valence-corrected chi connectivity index (χ2v) is 5.90. The third-order valence-corrected chi connectivity index (χ3v) is 4.13. The van der Waals surface area contributed by atoms with E-state index in [9.17, 15) is 9.18 Å². The number of carbonyl (C=O) groups is 1.